The molecule has 192 valence electrons. The van der Waals surface area contributed by atoms with Crippen molar-refractivity contribution in [3.8, 4) is 0 Å². The van der Waals surface area contributed by atoms with Crippen LogP contribution in [0.25, 0.3) is 0 Å². The molecule has 0 spiro atoms. The second kappa shape index (κ2) is 10.9. The summed E-state index contributed by atoms with van der Waals surface area (Å²) in [6.07, 6.45) is 0.715. The molecule has 1 aromatic rings. The van der Waals surface area contributed by atoms with E-state index < -0.39 is 33.5 Å². The van der Waals surface area contributed by atoms with Gasteiger partial charge >= 0.3 is 12.2 Å². The van der Waals surface area contributed by atoms with Crippen molar-refractivity contribution in [2.75, 3.05) is 24.7 Å². The fourth-order valence-electron chi connectivity index (χ4n) is 3.56. The van der Waals surface area contributed by atoms with Crippen molar-refractivity contribution >= 4 is 28.1 Å². The van der Waals surface area contributed by atoms with Crippen molar-refractivity contribution in [3.05, 3.63) is 23.9 Å². The summed E-state index contributed by atoms with van der Waals surface area (Å²) in [5.74, 6) is 0.197. The lowest BCUT2D eigenvalue weighted by atomic mass is 9.89. The zero-order chi connectivity index (χ0) is 25.7. The minimum absolute atomic E-state index is 0.0994. The van der Waals surface area contributed by atoms with E-state index in [0.29, 0.717) is 37.4 Å². The highest BCUT2D eigenvalue weighted by molar-refractivity contribution is 7.86. The van der Waals surface area contributed by atoms with Crippen molar-refractivity contribution in [3.63, 3.8) is 0 Å². The molecule has 1 N–H and O–H groups in total. The zero-order valence-electron chi connectivity index (χ0n) is 21.1. The van der Waals surface area contributed by atoms with Gasteiger partial charge in [-0.15, -0.1) is 0 Å². The molecule has 1 saturated heterocycles. The molecule has 2 heterocycles. The van der Waals surface area contributed by atoms with Crippen LogP contribution in [0.2, 0.25) is 0 Å². The maximum atomic E-state index is 12.3. The van der Waals surface area contributed by atoms with Gasteiger partial charge in [0.25, 0.3) is 10.1 Å². The van der Waals surface area contributed by atoms with E-state index in [1.807, 2.05) is 20.8 Å². The van der Waals surface area contributed by atoms with Crippen molar-refractivity contribution < 1.29 is 31.7 Å². The van der Waals surface area contributed by atoms with E-state index in [-0.39, 0.29) is 18.4 Å². The Hall–Kier alpha value is -2.40. The molecule has 0 radical (unpaired) electrons. The van der Waals surface area contributed by atoms with Gasteiger partial charge in [-0.3, -0.25) is 9.50 Å². The first kappa shape index (κ1) is 27.8. The predicted octanol–water partition coefficient (Wildman–Crippen LogP) is 3.96. The number of aromatic nitrogens is 1. The predicted molar refractivity (Wildman–Crippen MR) is 128 cm³/mol. The Kier molecular flexibility index (Phi) is 8.92. The maximum Gasteiger partial charge on any atom is 0.413 e. The quantitative estimate of drug-likeness (QED) is 0.583. The molecule has 1 aliphatic rings. The van der Waals surface area contributed by atoms with E-state index in [4.69, 9.17) is 13.7 Å². The second-order valence-electron chi connectivity index (χ2n) is 10.5. The molecule has 34 heavy (non-hydrogen) atoms. The number of rotatable bonds is 6. The molecule has 1 aromatic heterocycles. The molecule has 1 unspecified atom stereocenters. The van der Waals surface area contributed by atoms with Crippen LogP contribution in [0.3, 0.4) is 0 Å². The molecule has 0 aliphatic carbocycles. The smallest absolute Gasteiger partial charge is 0.413 e. The van der Waals surface area contributed by atoms with Crippen LogP contribution in [0.4, 0.5) is 15.4 Å². The van der Waals surface area contributed by atoms with Crippen LogP contribution < -0.4 is 5.32 Å². The standard InChI is InChI=1S/C23H37N3O7S/c1-22(2,3)31-20(27)25-19-10-8-9-17(24-19)15-18(33-34(7,29)30)16-11-13-26(14-12-16)21(28)32-23(4,5)6/h8-10,16,18H,11-15H2,1-7H3,(H,24,25,27). The van der Waals surface area contributed by atoms with Crippen LogP contribution in [-0.4, -0.2) is 67.1 Å². The number of piperidine rings is 1. The van der Waals surface area contributed by atoms with Crippen molar-refractivity contribution in [2.24, 2.45) is 5.92 Å². The number of amides is 2. The van der Waals surface area contributed by atoms with Crippen molar-refractivity contribution in [2.45, 2.75) is 78.1 Å². The summed E-state index contributed by atoms with van der Waals surface area (Å²) in [7, 11) is -3.72. The summed E-state index contributed by atoms with van der Waals surface area (Å²) >= 11 is 0. The van der Waals surface area contributed by atoms with Gasteiger partial charge in [-0.1, -0.05) is 6.07 Å². The van der Waals surface area contributed by atoms with Crippen LogP contribution in [-0.2, 0) is 30.2 Å². The average Bonchev–Trinajstić information content (AvgIpc) is 2.64. The fourth-order valence-corrected chi connectivity index (χ4v) is 4.24. The fraction of sp³-hybridized carbons (Fsp3) is 0.696. The lowest BCUT2D eigenvalue weighted by Gasteiger charge is -2.36. The topological polar surface area (TPSA) is 124 Å². The number of carbonyl (C=O) groups excluding carboxylic acids is 2. The summed E-state index contributed by atoms with van der Waals surface area (Å²) < 4.78 is 40.0. The average molecular weight is 500 g/mol. The van der Waals surface area contributed by atoms with Gasteiger partial charge in [-0.2, -0.15) is 8.42 Å². The molecule has 1 fully saturated rings. The summed E-state index contributed by atoms with van der Waals surface area (Å²) in [4.78, 5) is 30.4. The Morgan fingerprint density at radius 2 is 1.68 bits per heavy atom. The Morgan fingerprint density at radius 3 is 2.21 bits per heavy atom. The maximum absolute atomic E-state index is 12.3. The normalized spacial score (nSPS) is 16.6. The van der Waals surface area contributed by atoms with Gasteiger partial charge in [0.15, 0.2) is 0 Å². The number of pyridine rings is 1. The van der Waals surface area contributed by atoms with Gasteiger partial charge in [-0.05, 0) is 72.4 Å². The summed E-state index contributed by atoms with van der Waals surface area (Å²) in [6, 6.07) is 5.09. The lowest BCUT2D eigenvalue weighted by molar-refractivity contribution is 0.0112. The summed E-state index contributed by atoms with van der Waals surface area (Å²) in [5, 5.41) is 2.59. The molecule has 2 amide bonds. The Morgan fingerprint density at radius 1 is 1.09 bits per heavy atom. The van der Waals surface area contributed by atoms with E-state index >= 15 is 0 Å². The first-order valence-corrected chi connectivity index (χ1v) is 13.1. The minimum atomic E-state index is -3.72. The first-order chi connectivity index (χ1) is 15.5. The molecule has 10 nitrogen and oxygen atoms in total. The molecule has 1 atom stereocenters. The minimum Gasteiger partial charge on any atom is -0.444 e. The zero-order valence-corrected chi connectivity index (χ0v) is 21.9. The Bertz CT molecular complexity index is 960. The van der Waals surface area contributed by atoms with Gasteiger partial charge in [0.2, 0.25) is 0 Å². The van der Waals surface area contributed by atoms with E-state index in [9.17, 15) is 18.0 Å². The van der Waals surface area contributed by atoms with E-state index in [1.165, 1.54) is 0 Å². The molecule has 0 bridgehead atoms. The highest BCUT2D eigenvalue weighted by Gasteiger charge is 2.33. The monoisotopic (exact) mass is 499 g/mol. The molecule has 0 saturated carbocycles. The van der Waals surface area contributed by atoms with Crippen LogP contribution in [0.5, 0.6) is 0 Å². The van der Waals surface area contributed by atoms with Crippen LogP contribution >= 0.6 is 0 Å². The summed E-state index contributed by atoms with van der Waals surface area (Å²) in [5.41, 5.74) is -0.666. The van der Waals surface area contributed by atoms with Crippen LogP contribution in [0.1, 0.15) is 60.1 Å². The number of hydrogen-bond acceptors (Lipinski definition) is 8. The molecule has 11 heteroatoms. The number of ether oxygens (including phenoxy) is 2. The second-order valence-corrected chi connectivity index (χ2v) is 12.1. The van der Waals surface area contributed by atoms with Gasteiger partial charge in [0, 0.05) is 25.2 Å². The number of anilines is 1. The molecule has 0 aromatic carbocycles. The van der Waals surface area contributed by atoms with Gasteiger partial charge in [0.05, 0.1) is 12.4 Å². The largest absolute Gasteiger partial charge is 0.444 e. The number of nitrogens with zero attached hydrogens (tertiary/aromatic N) is 2. The molecule has 1 aliphatic heterocycles. The first-order valence-electron chi connectivity index (χ1n) is 11.3. The molecular formula is C23H37N3O7S. The number of likely N-dealkylation sites (tertiary alicyclic amines) is 1. The van der Waals surface area contributed by atoms with Crippen molar-refractivity contribution in [1.29, 1.82) is 0 Å². The Labute approximate surface area is 202 Å². The van der Waals surface area contributed by atoms with E-state index in [2.05, 4.69) is 10.3 Å². The lowest BCUT2D eigenvalue weighted by Crippen LogP contribution is -2.44. The van der Waals surface area contributed by atoms with Crippen molar-refractivity contribution in [1.82, 2.24) is 9.88 Å². The SMILES string of the molecule is CC(C)(C)OC(=O)Nc1cccc(CC(OS(C)(=O)=O)C2CCN(C(=O)OC(C)(C)C)CC2)n1. The van der Waals surface area contributed by atoms with E-state index in [0.717, 1.165) is 6.26 Å². The molecule has 2 rings (SSSR count). The highest BCUT2D eigenvalue weighted by atomic mass is 32.2. The summed E-state index contributed by atoms with van der Waals surface area (Å²) in [6.45, 7) is 11.6. The third kappa shape index (κ3) is 10.3. The van der Waals surface area contributed by atoms with Gasteiger partial charge in [-0.25, -0.2) is 14.6 Å². The van der Waals surface area contributed by atoms with Crippen LogP contribution in [0, 0.1) is 5.92 Å². The van der Waals surface area contributed by atoms with Gasteiger partial charge in [0.1, 0.15) is 17.0 Å². The van der Waals surface area contributed by atoms with Gasteiger partial charge < -0.3 is 14.4 Å². The Balaban J connectivity index is 2.07. The van der Waals surface area contributed by atoms with E-state index in [1.54, 1.807) is 43.9 Å². The highest BCUT2D eigenvalue weighted by Crippen LogP contribution is 2.27. The number of hydrogen-bond donors (Lipinski definition) is 1. The molecular weight excluding hydrogens is 462 g/mol. The number of carbonyl (C=O) groups is 2. The third-order valence-corrected chi connectivity index (χ3v) is 5.46. The third-order valence-electron chi connectivity index (χ3n) is 4.86. The van der Waals surface area contributed by atoms with Crippen LogP contribution in [0.15, 0.2) is 18.2 Å². The number of nitrogens with one attached hydrogen (secondary N) is 1.